The quantitative estimate of drug-likeness (QED) is 0.934. The number of ether oxygens (including phenoxy) is 1. The molecule has 1 aromatic heterocycles. The Labute approximate surface area is 131 Å². The van der Waals surface area contributed by atoms with Crippen LogP contribution in [-0.4, -0.2) is 35.7 Å². The van der Waals surface area contributed by atoms with Crippen molar-refractivity contribution in [2.75, 3.05) is 19.7 Å². The summed E-state index contributed by atoms with van der Waals surface area (Å²) in [5, 5.41) is 1.34. The molecular weight excluding hydrogens is 276 g/mol. The van der Waals surface area contributed by atoms with E-state index in [0.717, 1.165) is 32.4 Å². The highest BCUT2D eigenvalue weighted by atomic mass is 16.6. The van der Waals surface area contributed by atoms with E-state index in [2.05, 4.69) is 36.2 Å². The molecule has 3 rings (SSSR count). The van der Waals surface area contributed by atoms with Gasteiger partial charge < -0.3 is 14.6 Å². The summed E-state index contributed by atoms with van der Waals surface area (Å²) >= 11 is 0. The van der Waals surface area contributed by atoms with Gasteiger partial charge in [-0.3, -0.25) is 0 Å². The molecule has 1 amide bonds. The van der Waals surface area contributed by atoms with Crippen LogP contribution in [0, 0.1) is 12.8 Å². The van der Waals surface area contributed by atoms with Gasteiger partial charge in [0.15, 0.2) is 0 Å². The van der Waals surface area contributed by atoms with Gasteiger partial charge >= 0.3 is 6.09 Å². The standard InChI is InChI=1S/C18H24N2O2/c1-3-22-18(21)20-10-8-14(9-11-20)12-16-13(2)19-17-7-5-4-6-15(16)17/h4-7,14,19H,3,8-12H2,1-2H3. The number of aryl methyl sites for hydroxylation is 1. The van der Waals surface area contributed by atoms with Crippen molar-refractivity contribution in [1.82, 2.24) is 9.88 Å². The van der Waals surface area contributed by atoms with Gasteiger partial charge in [-0.1, -0.05) is 18.2 Å². The Morgan fingerprint density at radius 2 is 2.05 bits per heavy atom. The zero-order chi connectivity index (χ0) is 15.5. The van der Waals surface area contributed by atoms with Gasteiger partial charge in [0.25, 0.3) is 0 Å². The number of nitrogens with zero attached hydrogens (tertiary/aromatic N) is 1. The van der Waals surface area contributed by atoms with E-state index in [4.69, 9.17) is 4.74 Å². The molecule has 0 atom stereocenters. The number of nitrogens with one attached hydrogen (secondary N) is 1. The minimum atomic E-state index is -0.163. The Morgan fingerprint density at radius 1 is 1.32 bits per heavy atom. The molecule has 0 radical (unpaired) electrons. The number of piperidine rings is 1. The number of likely N-dealkylation sites (tertiary alicyclic amines) is 1. The Kier molecular flexibility index (Phi) is 4.36. The van der Waals surface area contributed by atoms with Crippen molar-refractivity contribution < 1.29 is 9.53 Å². The van der Waals surface area contributed by atoms with Crippen LogP contribution in [0.4, 0.5) is 4.79 Å². The maximum absolute atomic E-state index is 11.7. The zero-order valence-electron chi connectivity index (χ0n) is 13.4. The van der Waals surface area contributed by atoms with Crippen LogP contribution in [0.1, 0.15) is 31.0 Å². The summed E-state index contributed by atoms with van der Waals surface area (Å²) < 4.78 is 5.08. The number of H-pyrrole nitrogens is 1. The minimum Gasteiger partial charge on any atom is -0.450 e. The molecule has 4 nitrogen and oxygen atoms in total. The second kappa shape index (κ2) is 6.42. The van der Waals surface area contributed by atoms with Gasteiger partial charge in [-0.25, -0.2) is 4.79 Å². The van der Waals surface area contributed by atoms with Crippen LogP contribution in [0.2, 0.25) is 0 Å². The first-order valence-electron chi connectivity index (χ1n) is 8.17. The fourth-order valence-electron chi connectivity index (χ4n) is 3.42. The second-order valence-corrected chi connectivity index (χ2v) is 6.11. The molecule has 1 saturated heterocycles. The number of carbonyl (C=O) groups is 1. The SMILES string of the molecule is CCOC(=O)N1CCC(Cc2c(C)[nH]c3ccccc23)CC1. The minimum absolute atomic E-state index is 0.163. The molecule has 2 heterocycles. The predicted molar refractivity (Wildman–Crippen MR) is 88.1 cm³/mol. The topological polar surface area (TPSA) is 45.3 Å². The van der Waals surface area contributed by atoms with Crippen molar-refractivity contribution in [3.63, 3.8) is 0 Å². The lowest BCUT2D eigenvalue weighted by Gasteiger charge is -2.31. The Morgan fingerprint density at radius 3 is 2.77 bits per heavy atom. The molecule has 1 fully saturated rings. The Hall–Kier alpha value is -1.97. The summed E-state index contributed by atoms with van der Waals surface area (Å²) in [4.78, 5) is 17.1. The summed E-state index contributed by atoms with van der Waals surface area (Å²) in [6, 6.07) is 8.50. The van der Waals surface area contributed by atoms with E-state index in [1.165, 1.54) is 22.2 Å². The normalized spacial score (nSPS) is 16.2. The van der Waals surface area contributed by atoms with E-state index in [0.29, 0.717) is 12.5 Å². The van der Waals surface area contributed by atoms with Crippen LogP contribution in [0.25, 0.3) is 10.9 Å². The van der Waals surface area contributed by atoms with E-state index in [1.54, 1.807) is 0 Å². The fraction of sp³-hybridized carbons (Fsp3) is 0.500. The van der Waals surface area contributed by atoms with Gasteiger partial charge in [0.05, 0.1) is 6.61 Å². The van der Waals surface area contributed by atoms with E-state index < -0.39 is 0 Å². The van der Waals surface area contributed by atoms with Gasteiger partial charge in [-0.2, -0.15) is 0 Å². The average Bonchev–Trinajstić information content (AvgIpc) is 2.84. The number of hydrogen-bond donors (Lipinski definition) is 1. The van der Waals surface area contributed by atoms with Gasteiger partial charge in [-0.15, -0.1) is 0 Å². The third-order valence-corrected chi connectivity index (χ3v) is 4.66. The van der Waals surface area contributed by atoms with Crippen LogP contribution in [0.3, 0.4) is 0 Å². The molecule has 1 aliphatic heterocycles. The van der Waals surface area contributed by atoms with Gasteiger partial charge in [-0.05, 0) is 50.7 Å². The van der Waals surface area contributed by atoms with Gasteiger partial charge in [0, 0.05) is 29.7 Å². The molecule has 2 aromatic rings. The fourth-order valence-corrected chi connectivity index (χ4v) is 3.42. The number of benzene rings is 1. The van der Waals surface area contributed by atoms with Crippen molar-refractivity contribution in [1.29, 1.82) is 0 Å². The number of para-hydroxylation sites is 1. The van der Waals surface area contributed by atoms with Crippen molar-refractivity contribution in [2.45, 2.75) is 33.1 Å². The zero-order valence-corrected chi connectivity index (χ0v) is 13.4. The van der Waals surface area contributed by atoms with Gasteiger partial charge in [0.1, 0.15) is 0 Å². The van der Waals surface area contributed by atoms with Crippen molar-refractivity contribution in [3.8, 4) is 0 Å². The van der Waals surface area contributed by atoms with Crippen LogP contribution in [0.15, 0.2) is 24.3 Å². The molecule has 4 heteroatoms. The molecular formula is C18H24N2O2. The summed E-state index contributed by atoms with van der Waals surface area (Å²) in [5.41, 5.74) is 3.93. The molecule has 118 valence electrons. The maximum atomic E-state index is 11.7. The van der Waals surface area contributed by atoms with Crippen molar-refractivity contribution in [3.05, 3.63) is 35.5 Å². The molecule has 22 heavy (non-hydrogen) atoms. The van der Waals surface area contributed by atoms with E-state index in [9.17, 15) is 4.79 Å². The lowest BCUT2D eigenvalue weighted by molar-refractivity contribution is 0.0918. The summed E-state index contributed by atoms with van der Waals surface area (Å²) in [5.74, 6) is 0.642. The molecule has 0 saturated carbocycles. The largest absolute Gasteiger partial charge is 0.450 e. The molecule has 0 spiro atoms. The van der Waals surface area contributed by atoms with Gasteiger partial charge in [0.2, 0.25) is 0 Å². The summed E-state index contributed by atoms with van der Waals surface area (Å²) in [6.07, 6.45) is 3.03. The third kappa shape index (κ3) is 2.96. The first-order chi connectivity index (χ1) is 10.7. The molecule has 0 bridgehead atoms. The predicted octanol–water partition coefficient (Wildman–Crippen LogP) is 3.89. The Balaban J connectivity index is 1.65. The number of amides is 1. The summed E-state index contributed by atoms with van der Waals surface area (Å²) in [7, 11) is 0. The second-order valence-electron chi connectivity index (χ2n) is 6.11. The highest BCUT2D eigenvalue weighted by molar-refractivity contribution is 5.84. The van der Waals surface area contributed by atoms with Crippen LogP contribution in [0.5, 0.6) is 0 Å². The third-order valence-electron chi connectivity index (χ3n) is 4.66. The van der Waals surface area contributed by atoms with Crippen LogP contribution in [-0.2, 0) is 11.2 Å². The average molecular weight is 300 g/mol. The molecule has 1 N–H and O–H groups in total. The number of aromatic amines is 1. The smallest absolute Gasteiger partial charge is 0.409 e. The first kappa shape index (κ1) is 14.9. The van der Waals surface area contributed by atoms with Crippen LogP contribution < -0.4 is 0 Å². The van der Waals surface area contributed by atoms with Crippen molar-refractivity contribution in [2.24, 2.45) is 5.92 Å². The summed E-state index contributed by atoms with van der Waals surface area (Å²) in [6.45, 7) is 6.08. The van der Waals surface area contributed by atoms with E-state index in [-0.39, 0.29) is 6.09 Å². The highest BCUT2D eigenvalue weighted by Crippen LogP contribution is 2.28. The first-order valence-corrected chi connectivity index (χ1v) is 8.17. The Bertz CT molecular complexity index is 654. The molecule has 1 aliphatic rings. The number of fused-ring (bicyclic) bond motifs is 1. The van der Waals surface area contributed by atoms with E-state index in [1.807, 2.05) is 11.8 Å². The van der Waals surface area contributed by atoms with E-state index >= 15 is 0 Å². The number of rotatable bonds is 3. The lowest BCUT2D eigenvalue weighted by atomic mass is 9.89. The highest BCUT2D eigenvalue weighted by Gasteiger charge is 2.24. The monoisotopic (exact) mass is 300 g/mol. The maximum Gasteiger partial charge on any atom is 0.409 e. The molecule has 0 aliphatic carbocycles. The number of hydrogen-bond acceptors (Lipinski definition) is 2. The van der Waals surface area contributed by atoms with Crippen LogP contribution >= 0.6 is 0 Å². The molecule has 1 aromatic carbocycles. The molecule has 0 unspecified atom stereocenters. The van der Waals surface area contributed by atoms with Crippen molar-refractivity contribution >= 4 is 17.0 Å². The number of aromatic nitrogens is 1. The number of carbonyl (C=O) groups excluding carboxylic acids is 1. The lowest BCUT2D eigenvalue weighted by Crippen LogP contribution is -2.39.